The summed E-state index contributed by atoms with van der Waals surface area (Å²) in [6, 6.07) is 23.2. The third kappa shape index (κ3) is 6.21. The molecule has 42 heavy (non-hydrogen) atoms. The number of benzene rings is 4. The molecule has 4 aromatic carbocycles. The van der Waals surface area contributed by atoms with Crippen LogP contribution in [0, 0.1) is 5.82 Å². The molecule has 0 bridgehead atoms. The van der Waals surface area contributed by atoms with Crippen molar-refractivity contribution in [3.05, 3.63) is 102 Å². The maximum Gasteiger partial charge on any atom is 0.335 e. The predicted molar refractivity (Wildman–Crippen MR) is 174 cm³/mol. The van der Waals surface area contributed by atoms with E-state index >= 15 is 4.39 Å². The Hall–Kier alpha value is -3.72. The van der Waals surface area contributed by atoms with E-state index in [1.54, 1.807) is 6.07 Å². The summed E-state index contributed by atoms with van der Waals surface area (Å²) in [6.07, 6.45) is 11.7. The first-order valence-corrected chi connectivity index (χ1v) is 15.8. The SMILES string of the molecule is C=CC(=O)Oc1c(F)cc(C(C)CC)c2c(-c3ccc(CCCC)cc3)ccc(-c3ccc(C4CCCCC4)cc3)c12. The summed E-state index contributed by atoms with van der Waals surface area (Å²) in [5.41, 5.74) is 7.53. The number of carbonyl (C=O) groups excluding carboxylic acids is 1. The number of aryl methyl sites for hydroxylation is 1. The van der Waals surface area contributed by atoms with Crippen molar-refractivity contribution in [1.82, 2.24) is 0 Å². The Balaban J connectivity index is 1.74. The van der Waals surface area contributed by atoms with E-state index in [0.717, 1.165) is 65.0 Å². The van der Waals surface area contributed by atoms with Gasteiger partial charge in [0.25, 0.3) is 0 Å². The second kappa shape index (κ2) is 13.5. The molecule has 0 heterocycles. The van der Waals surface area contributed by atoms with Crippen LogP contribution in [-0.2, 0) is 11.2 Å². The van der Waals surface area contributed by atoms with Crippen LogP contribution in [0.4, 0.5) is 4.39 Å². The van der Waals surface area contributed by atoms with Crippen molar-refractivity contribution in [2.45, 2.75) is 90.4 Å². The van der Waals surface area contributed by atoms with Gasteiger partial charge in [0.2, 0.25) is 0 Å². The zero-order valence-corrected chi connectivity index (χ0v) is 25.3. The maximum atomic E-state index is 16.0. The van der Waals surface area contributed by atoms with Crippen LogP contribution in [-0.4, -0.2) is 5.97 Å². The Morgan fingerprint density at radius 2 is 1.55 bits per heavy atom. The minimum atomic E-state index is -0.671. The van der Waals surface area contributed by atoms with Crippen LogP contribution >= 0.6 is 0 Å². The summed E-state index contributed by atoms with van der Waals surface area (Å²) in [6.45, 7) is 10.0. The average molecular weight is 563 g/mol. The van der Waals surface area contributed by atoms with Gasteiger partial charge < -0.3 is 4.74 Å². The fourth-order valence-electron chi connectivity index (χ4n) is 6.47. The molecule has 1 unspecified atom stereocenters. The Labute approximate surface area is 250 Å². The van der Waals surface area contributed by atoms with Crippen LogP contribution in [0.5, 0.6) is 5.75 Å². The first-order chi connectivity index (χ1) is 20.4. The van der Waals surface area contributed by atoms with Crippen molar-refractivity contribution in [2.24, 2.45) is 0 Å². The molecule has 0 saturated heterocycles. The third-order valence-corrected chi connectivity index (χ3v) is 9.12. The number of hydrogen-bond donors (Lipinski definition) is 0. The summed E-state index contributed by atoms with van der Waals surface area (Å²) >= 11 is 0. The zero-order chi connectivity index (χ0) is 29.6. The van der Waals surface area contributed by atoms with Gasteiger partial charge in [-0.25, -0.2) is 9.18 Å². The number of esters is 1. The van der Waals surface area contributed by atoms with Gasteiger partial charge in [-0.3, -0.25) is 0 Å². The van der Waals surface area contributed by atoms with E-state index in [2.05, 4.69) is 88.0 Å². The summed E-state index contributed by atoms with van der Waals surface area (Å²) < 4.78 is 21.6. The minimum Gasteiger partial charge on any atom is -0.420 e. The second-order valence-corrected chi connectivity index (χ2v) is 11.9. The van der Waals surface area contributed by atoms with Crippen LogP contribution in [0.3, 0.4) is 0 Å². The standard InChI is InChI=1S/C39H43FO2/c1-5-8-12-27-15-17-30(18-16-27)32-23-24-33(31-21-19-29(20-22-31)28-13-10-9-11-14-28)38-37(32)34(26(4)6-2)25-35(40)39(38)42-36(41)7-3/h7,15-26,28H,3,5-6,8-14H2,1-2,4H3. The van der Waals surface area contributed by atoms with E-state index in [1.165, 1.54) is 43.2 Å². The lowest BCUT2D eigenvalue weighted by molar-refractivity contribution is -0.129. The van der Waals surface area contributed by atoms with Crippen molar-refractivity contribution in [2.75, 3.05) is 0 Å². The van der Waals surface area contributed by atoms with Gasteiger partial charge in [0.05, 0.1) is 0 Å². The van der Waals surface area contributed by atoms with Gasteiger partial charge in [-0.1, -0.05) is 114 Å². The van der Waals surface area contributed by atoms with E-state index in [0.29, 0.717) is 11.3 Å². The van der Waals surface area contributed by atoms with E-state index < -0.39 is 11.8 Å². The Bertz CT molecular complexity index is 1540. The van der Waals surface area contributed by atoms with Crippen LogP contribution in [0.1, 0.15) is 101 Å². The van der Waals surface area contributed by atoms with Gasteiger partial charge in [0.15, 0.2) is 11.6 Å². The van der Waals surface area contributed by atoms with E-state index in [-0.39, 0.29) is 11.7 Å². The number of halogens is 1. The molecule has 1 saturated carbocycles. The molecule has 218 valence electrons. The molecule has 1 fully saturated rings. The quantitative estimate of drug-likeness (QED) is 0.109. The van der Waals surface area contributed by atoms with Crippen LogP contribution in [0.2, 0.25) is 0 Å². The molecular weight excluding hydrogens is 519 g/mol. The minimum absolute atomic E-state index is 0.0327. The largest absolute Gasteiger partial charge is 0.420 e. The summed E-state index contributed by atoms with van der Waals surface area (Å²) in [7, 11) is 0. The van der Waals surface area contributed by atoms with Crippen molar-refractivity contribution in [1.29, 1.82) is 0 Å². The van der Waals surface area contributed by atoms with Crippen LogP contribution in [0.25, 0.3) is 33.0 Å². The Morgan fingerprint density at radius 1 is 0.929 bits per heavy atom. The van der Waals surface area contributed by atoms with Crippen molar-refractivity contribution in [3.63, 3.8) is 0 Å². The van der Waals surface area contributed by atoms with E-state index in [9.17, 15) is 4.79 Å². The predicted octanol–water partition coefficient (Wildman–Crippen LogP) is 11.3. The topological polar surface area (TPSA) is 26.3 Å². The zero-order valence-electron chi connectivity index (χ0n) is 25.3. The van der Waals surface area contributed by atoms with Gasteiger partial charge in [-0.15, -0.1) is 0 Å². The Morgan fingerprint density at radius 3 is 2.14 bits per heavy atom. The molecular formula is C39H43FO2. The molecule has 1 aliphatic carbocycles. The van der Waals surface area contributed by atoms with Gasteiger partial charge in [-0.05, 0) is 94.3 Å². The molecule has 2 nitrogen and oxygen atoms in total. The molecule has 0 N–H and O–H groups in total. The monoisotopic (exact) mass is 562 g/mol. The number of fused-ring (bicyclic) bond motifs is 1. The lowest BCUT2D eigenvalue weighted by atomic mass is 9.82. The molecule has 0 aromatic heterocycles. The van der Waals surface area contributed by atoms with Crippen LogP contribution in [0.15, 0.2) is 79.4 Å². The fraction of sp³-hybridized carbons (Fsp3) is 0.359. The number of ether oxygens (including phenoxy) is 1. The van der Waals surface area contributed by atoms with E-state index in [1.807, 2.05) is 0 Å². The average Bonchev–Trinajstić information content (AvgIpc) is 3.04. The fourth-order valence-corrected chi connectivity index (χ4v) is 6.47. The first kappa shape index (κ1) is 29.8. The molecule has 0 aliphatic heterocycles. The molecule has 4 aromatic rings. The molecule has 3 heteroatoms. The van der Waals surface area contributed by atoms with Gasteiger partial charge in [-0.2, -0.15) is 0 Å². The van der Waals surface area contributed by atoms with E-state index in [4.69, 9.17) is 4.74 Å². The molecule has 1 aliphatic rings. The molecule has 0 radical (unpaired) electrons. The molecule has 1 atom stereocenters. The first-order valence-electron chi connectivity index (χ1n) is 15.8. The van der Waals surface area contributed by atoms with Crippen molar-refractivity contribution < 1.29 is 13.9 Å². The van der Waals surface area contributed by atoms with Crippen molar-refractivity contribution >= 4 is 16.7 Å². The van der Waals surface area contributed by atoms with Gasteiger partial charge in [0, 0.05) is 11.5 Å². The second-order valence-electron chi connectivity index (χ2n) is 11.9. The summed E-state index contributed by atoms with van der Waals surface area (Å²) in [4.78, 5) is 12.5. The number of carbonyl (C=O) groups is 1. The number of rotatable bonds is 10. The smallest absolute Gasteiger partial charge is 0.335 e. The summed E-state index contributed by atoms with van der Waals surface area (Å²) in [5.74, 6) is -0.519. The highest BCUT2D eigenvalue weighted by Gasteiger charge is 2.24. The molecule has 0 spiro atoms. The highest BCUT2D eigenvalue weighted by Crippen LogP contribution is 2.46. The normalized spacial score (nSPS) is 14.6. The molecule has 5 rings (SSSR count). The molecule has 0 amide bonds. The summed E-state index contributed by atoms with van der Waals surface area (Å²) in [5, 5.41) is 1.58. The number of hydrogen-bond acceptors (Lipinski definition) is 2. The lowest BCUT2D eigenvalue weighted by Crippen LogP contribution is -2.08. The number of unbranched alkanes of at least 4 members (excludes halogenated alkanes) is 1. The van der Waals surface area contributed by atoms with Crippen LogP contribution < -0.4 is 4.74 Å². The Kier molecular flexibility index (Phi) is 9.57. The third-order valence-electron chi connectivity index (χ3n) is 9.12. The lowest BCUT2D eigenvalue weighted by Gasteiger charge is -2.23. The van der Waals surface area contributed by atoms with Gasteiger partial charge in [0.1, 0.15) is 0 Å². The van der Waals surface area contributed by atoms with Crippen molar-refractivity contribution in [3.8, 4) is 28.0 Å². The highest BCUT2D eigenvalue weighted by atomic mass is 19.1. The maximum absolute atomic E-state index is 16.0. The van der Waals surface area contributed by atoms with Gasteiger partial charge >= 0.3 is 5.97 Å². The highest BCUT2D eigenvalue weighted by molar-refractivity contribution is 6.10.